The summed E-state index contributed by atoms with van der Waals surface area (Å²) in [6.45, 7) is 8.63. The summed E-state index contributed by atoms with van der Waals surface area (Å²) in [6.07, 6.45) is 3.27. The molecule has 76 valence electrons. The predicted molar refractivity (Wildman–Crippen MR) is 57.7 cm³/mol. The lowest BCUT2D eigenvalue weighted by molar-refractivity contribution is 0.600. The van der Waals surface area contributed by atoms with Gasteiger partial charge >= 0.3 is 0 Å². The van der Waals surface area contributed by atoms with Crippen LogP contribution < -0.4 is 4.90 Å². The molecule has 2 rings (SSSR count). The quantitative estimate of drug-likeness (QED) is 0.717. The first-order valence-electron chi connectivity index (χ1n) is 5.27. The summed E-state index contributed by atoms with van der Waals surface area (Å²) in [5.74, 6) is 2.53. The van der Waals surface area contributed by atoms with E-state index in [0.29, 0.717) is 5.92 Å². The van der Waals surface area contributed by atoms with E-state index in [9.17, 15) is 0 Å². The highest BCUT2D eigenvalue weighted by Crippen LogP contribution is 2.27. The molecule has 1 aliphatic heterocycles. The molecule has 3 heteroatoms. The van der Waals surface area contributed by atoms with E-state index in [1.165, 1.54) is 12.0 Å². The van der Waals surface area contributed by atoms with Crippen LogP contribution in [0.2, 0.25) is 0 Å². The molecule has 0 aliphatic carbocycles. The lowest BCUT2D eigenvalue weighted by atomic mass is 10.0. The van der Waals surface area contributed by atoms with Crippen LogP contribution >= 0.6 is 0 Å². The Bertz CT molecular complexity index is 329. The molecule has 0 amide bonds. The Hall–Kier alpha value is -1.12. The van der Waals surface area contributed by atoms with Gasteiger partial charge in [-0.3, -0.25) is 0 Å². The molecule has 0 bridgehead atoms. The number of nitrogens with zero attached hydrogens (tertiary/aromatic N) is 3. The van der Waals surface area contributed by atoms with Crippen LogP contribution in [-0.2, 0) is 0 Å². The van der Waals surface area contributed by atoms with E-state index in [4.69, 9.17) is 0 Å². The molecule has 0 N–H and O–H groups in total. The first kappa shape index (κ1) is 9.44. The zero-order valence-electron chi connectivity index (χ0n) is 9.12. The fraction of sp³-hybridized carbons (Fsp3) is 0.636. The Morgan fingerprint density at radius 2 is 2.07 bits per heavy atom. The van der Waals surface area contributed by atoms with Crippen molar-refractivity contribution in [3.8, 4) is 0 Å². The molecule has 0 spiro atoms. The zero-order valence-corrected chi connectivity index (χ0v) is 9.12. The highest BCUT2D eigenvalue weighted by atomic mass is 15.2. The maximum absolute atomic E-state index is 4.53. The van der Waals surface area contributed by atoms with Gasteiger partial charge in [-0.1, -0.05) is 13.8 Å². The van der Waals surface area contributed by atoms with Crippen molar-refractivity contribution in [3.63, 3.8) is 0 Å². The second-order valence-corrected chi connectivity index (χ2v) is 4.19. The van der Waals surface area contributed by atoms with Gasteiger partial charge in [-0.05, 0) is 19.3 Å². The molecule has 0 atom stereocenters. The van der Waals surface area contributed by atoms with Gasteiger partial charge in [0.25, 0.3) is 0 Å². The van der Waals surface area contributed by atoms with Gasteiger partial charge in [-0.15, -0.1) is 0 Å². The number of anilines is 1. The van der Waals surface area contributed by atoms with Gasteiger partial charge in [-0.2, -0.15) is 0 Å². The first-order valence-corrected chi connectivity index (χ1v) is 5.27. The Labute approximate surface area is 85.2 Å². The highest BCUT2D eigenvalue weighted by Gasteiger charge is 2.20. The third-order valence-corrected chi connectivity index (χ3v) is 2.69. The molecular weight excluding hydrogens is 174 g/mol. The Morgan fingerprint density at radius 1 is 1.36 bits per heavy atom. The third-order valence-electron chi connectivity index (χ3n) is 2.69. The van der Waals surface area contributed by atoms with Crippen LogP contribution in [0, 0.1) is 6.92 Å². The monoisotopic (exact) mass is 191 g/mol. The van der Waals surface area contributed by atoms with Gasteiger partial charge in [0.15, 0.2) is 0 Å². The van der Waals surface area contributed by atoms with Gasteiger partial charge < -0.3 is 4.90 Å². The molecule has 1 aliphatic rings. The number of aromatic nitrogens is 2. The molecule has 0 saturated carbocycles. The minimum Gasteiger partial charge on any atom is -0.356 e. The van der Waals surface area contributed by atoms with Crippen LogP contribution in [0.1, 0.15) is 37.6 Å². The molecule has 0 radical (unpaired) electrons. The summed E-state index contributed by atoms with van der Waals surface area (Å²) in [5, 5.41) is 0. The van der Waals surface area contributed by atoms with Crippen LogP contribution in [-0.4, -0.2) is 23.1 Å². The molecule has 3 nitrogen and oxygen atoms in total. The highest BCUT2D eigenvalue weighted by molar-refractivity contribution is 5.49. The van der Waals surface area contributed by atoms with Crippen molar-refractivity contribution in [2.45, 2.75) is 33.1 Å². The van der Waals surface area contributed by atoms with Crippen LogP contribution in [0.4, 0.5) is 5.82 Å². The Kier molecular flexibility index (Phi) is 2.40. The second kappa shape index (κ2) is 3.56. The first-order chi connectivity index (χ1) is 6.68. The average Bonchev–Trinajstić information content (AvgIpc) is 2.00. The average molecular weight is 191 g/mol. The summed E-state index contributed by atoms with van der Waals surface area (Å²) in [4.78, 5) is 11.1. The number of rotatable bonds is 2. The minimum absolute atomic E-state index is 0.506. The van der Waals surface area contributed by atoms with E-state index in [1.807, 2.05) is 13.1 Å². The van der Waals surface area contributed by atoms with Crippen molar-refractivity contribution in [2.24, 2.45) is 0 Å². The SMILES string of the molecule is Cc1ncc(C(C)C)c(N2CCC2)n1. The third kappa shape index (κ3) is 1.59. The molecule has 0 aromatic carbocycles. The zero-order chi connectivity index (χ0) is 10.1. The largest absolute Gasteiger partial charge is 0.356 e. The molecule has 1 fully saturated rings. The van der Waals surface area contributed by atoms with Crippen LogP contribution in [0.15, 0.2) is 6.20 Å². The van der Waals surface area contributed by atoms with Crippen LogP contribution in [0.25, 0.3) is 0 Å². The standard InChI is InChI=1S/C11H17N3/c1-8(2)10-7-12-9(3)13-11(10)14-5-4-6-14/h7-8H,4-6H2,1-3H3. The van der Waals surface area contributed by atoms with Gasteiger partial charge in [-0.25, -0.2) is 9.97 Å². The van der Waals surface area contributed by atoms with E-state index in [0.717, 1.165) is 24.7 Å². The van der Waals surface area contributed by atoms with E-state index in [2.05, 4.69) is 28.7 Å². The van der Waals surface area contributed by atoms with Gasteiger partial charge in [0.05, 0.1) is 0 Å². The minimum atomic E-state index is 0.506. The number of hydrogen-bond donors (Lipinski definition) is 0. The van der Waals surface area contributed by atoms with E-state index >= 15 is 0 Å². The van der Waals surface area contributed by atoms with Crippen molar-refractivity contribution < 1.29 is 0 Å². The van der Waals surface area contributed by atoms with Crippen LogP contribution in [0.5, 0.6) is 0 Å². The summed E-state index contributed by atoms with van der Waals surface area (Å²) in [7, 11) is 0. The van der Waals surface area contributed by atoms with Gasteiger partial charge in [0, 0.05) is 24.8 Å². The van der Waals surface area contributed by atoms with E-state index in [1.54, 1.807) is 0 Å². The number of aryl methyl sites for hydroxylation is 1. The van der Waals surface area contributed by atoms with Crippen molar-refractivity contribution in [3.05, 3.63) is 17.6 Å². The normalized spacial score (nSPS) is 15.9. The number of hydrogen-bond acceptors (Lipinski definition) is 3. The topological polar surface area (TPSA) is 29.0 Å². The Morgan fingerprint density at radius 3 is 2.57 bits per heavy atom. The van der Waals surface area contributed by atoms with Crippen molar-refractivity contribution >= 4 is 5.82 Å². The Balaban J connectivity index is 2.37. The van der Waals surface area contributed by atoms with E-state index < -0.39 is 0 Å². The van der Waals surface area contributed by atoms with Crippen LogP contribution in [0.3, 0.4) is 0 Å². The van der Waals surface area contributed by atoms with Crippen molar-refractivity contribution in [2.75, 3.05) is 18.0 Å². The molecule has 14 heavy (non-hydrogen) atoms. The van der Waals surface area contributed by atoms with Gasteiger partial charge in [0.1, 0.15) is 11.6 Å². The summed E-state index contributed by atoms with van der Waals surface area (Å²) < 4.78 is 0. The van der Waals surface area contributed by atoms with E-state index in [-0.39, 0.29) is 0 Å². The maximum atomic E-state index is 4.53. The molecule has 2 heterocycles. The van der Waals surface area contributed by atoms with Gasteiger partial charge in [0.2, 0.25) is 0 Å². The molecule has 0 unspecified atom stereocenters. The van der Waals surface area contributed by atoms with Crippen molar-refractivity contribution in [1.29, 1.82) is 0 Å². The molecule has 1 aromatic heterocycles. The molecule has 1 saturated heterocycles. The summed E-state index contributed by atoms with van der Waals surface area (Å²) in [6, 6.07) is 0. The lowest BCUT2D eigenvalue weighted by Crippen LogP contribution is -2.38. The smallest absolute Gasteiger partial charge is 0.135 e. The molecule has 1 aromatic rings. The summed E-state index contributed by atoms with van der Waals surface area (Å²) in [5.41, 5.74) is 1.27. The second-order valence-electron chi connectivity index (χ2n) is 4.19. The molecular formula is C11H17N3. The fourth-order valence-corrected chi connectivity index (χ4v) is 1.66. The fourth-order valence-electron chi connectivity index (χ4n) is 1.66. The maximum Gasteiger partial charge on any atom is 0.135 e. The predicted octanol–water partition coefficient (Wildman–Crippen LogP) is 2.12. The van der Waals surface area contributed by atoms with Crippen molar-refractivity contribution in [1.82, 2.24) is 9.97 Å². The summed E-state index contributed by atoms with van der Waals surface area (Å²) >= 11 is 0. The lowest BCUT2D eigenvalue weighted by Gasteiger charge is -2.34.